The van der Waals surface area contributed by atoms with Crippen LogP contribution in [0, 0.1) is 6.92 Å². The third-order valence-corrected chi connectivity index (χ3v) is 7.21. The summed E-state index contributed by atoms with van der Waals surface area (Å²) in [5.74, 6) is -1.25. The third-order valence-electron chi connectivity index (χ3n) is 4.14. The summed E-state index contributed by atoms with van der Waals surface area (Å²) in [6.45, 7) is 2.87. The summed E-state index contributed by atoms with van der Waals surface area (Å²) in [7, 11) is -3.14. The van der Waals surface area contributed by atoms with E-state index in [1.807, 2.05) is 6.07 Å². The third kappa shape index (κ3) is 4.69. The van der Waals surface area contributed by atoms with Gasteiger partial charge in [0.25, 0.3) is 5.91 Å². The van der Waals surface area contributed by atoms with Crippen LogP contribution in [0.1, 0.15) is 28.7 Å². The number of amides is 1. The highest BCUT2D eigenvalue weighted by Crippen LogP contribution is 2.27. The van der Waals surface area contributed by atoms with Gasteiger partial charge in [-0.1, -0.05) is 6.07 Å². The Kier molecular flexibility index (Phi) is 5.29. The van der Waals surface area contributed by atoms with Crippen molar-refractivity contribution < 1.29 is 22.7 Å². The number of carbonyl (C=O) groups excluding carboxylic acids is 2. The number of aromatic nitrogens is 2. The molecule has 10 heteroatoms. The molecule has 0 spiro atoms. The molecular formula is C17H19N3O5S2. The van der Waals surface area contributed by atoms with Crippen molar-refractivity contribution in [3.63, 3.8) is 0 Å². The fourth-order valence-corrected chi connectivity index (χ4v) is 5.89. The van der Waals surface area contributed by atoms with Crippen LogP contribution >= 0.6 is 11.3 Å². The van der Waals surface area contributed by atoms with Gasteiger partial charge in [-0.25, -0.2) is 18.2 Å². The standard InChI is InChI=1S/C17H19N3O5S2/c1-11-14(26-15(19-11)12-5-3-4-7-18-12)16(22)25-9-13(21)20-17(2)6-8-27(23,24)10-17/h3-5,7H,6,8-10H2,1-2H3,(H,20,21)/t17-/m1/s1. The first-order valence-corrected chi connectivity index (χ1v) is 10.9. The van der Waals surface area contributed by atoms with Gasteiger partial charge in [0.15, 0.2) is 16.4 Å². The van der Waals surface area contributed by atoms with Crippen molar-refractivity contribution in [3.05, 3.63) is 35.0 Å². The van der Waals surface area contributed by atoms with E-state index in [1.54, 1.807) is 32.2 Å². The van der Waals surface area contributed by atoms with Gasteiger partial charge in [0, 0.05) is 6.20 Å². The minimum Gasteiger partial charge on any atom is -0.451 e. The monoisotopic (exact) mass is 409 g/mol. The van der Waals surface area contributed by atoms with Crippen LogP contribution in [0.5, 0.6) is 0 Å². The van der Waals surface area contributed by atoms with E-state index in [0.29, 0.717) is 27.7 Å². The second-order valence-electron chi connectivity index (χ2n) is 6.68. The van der Waals surface area contributed by atoms with Crippen molar-refractivity contribution in [1.29, 1.82) is 0 Å². The number of sulfone groups is 1. The summed E-state index contributed by atoms with van der Waals surface area (Å²) >= 11 is 1.15. The first-order valence-electron chi connectivity index (χ1n) is 8.25. The van der Waals surface area contributed by atoms with Crippen molar-refractivity contribution in [2.75, 3.05) is 18.1 Å². The SMILES string of the molecule is Cc1nc(-c2ccccn2)sc1C(=O)OCC(=O)N[C@]1(C)CCS(=O)(=O)C1. The van der Waals surface area contributed by atoms with Crippen LogP contribution in [0.15, 0.2) is 24.4 Å². The van der Waals surface area contributed by atoms with E-state index in [9.17, 15) is 18.0 Å². The molecule has 0 saturated carbocycles. The summed E-state index contributed by atoms with van der Waals surface area (Å²) in [6.07, 6.45) is 1.98. The number of ether oxygens (including phenoxy) is 1. The van der Waals surface area contributed by atoms with E-state index in [-0.39, 0.29) is 11.5 Å². The Bertz CT molecular complexity index is 972. The van der Waals surface area contributed by atoms with Crippen LogP contribution in [0.25, 0.3) is 10.7 Å². The topological polar surface area (TPSA) is 115 Å². The van der Waals surface area contributed by atoms with Crippen LogP contribution in [-0.4, -0.2) is 53.9 Å². The second-order valence-corrected chi connectivity index (χ2v) is 9.86. The van der Waals surface area contributed by atoms with Gasteiger partial charge in [-0.3, -0.25) is 9.78 Å². The van der Waals surface area contributed by atoms with Crippen LogP contribution in [0.2, 0.25) is 0 Å². The highest BCUT2D eigenvalue weighted by Gasteiger charge is 2.39. The number of esters is 1. The predicted molar refractivity (Wildman–Crippen MR) is 100 cm³/mol. The van der Waals surface area contributed by atoms with E-state index >= 15 is 0 Å². The zero-order chi connectivity index (χ0) is 19.7. The minimum absolute atomic E-state index is 0.0416. The number of rotatable bonds is 5. The fraction of sp³-hybridized carbons (Fsp3) is 0.412. The second kappa shape index (κ2) is 7.35. The Morgan fingerprint density at radius 1 is 1.37 bits per heavy atom. The molecule has 1 aliphatic rings. The minimum atomic E-state index is -3.14. The molecule has 1 aliphatic heterocycles. The van der Waals surface area contributed by atoms with Gasteiger partial charge in [0.1, 0.15) is 9.88 Å². The number of nitrogens with zero attached hydrogens (tertiary/aromatic N) is 2. The highest BCUT2D eigenvalue weighted by atomic mass is 32.2. The van der Waals surface area contributed by atoms with Crippen LogP contribution in [0.4, 0.5) is 0 Å². The van der Waals surface area contributed by atoms with E-state index in [0.717, 1.165) is 11.3 Å². The lowest BCUT2D eigenvalue weighted by Gasteiger charge is -2.23. The van der Waals surface area contributed by atoms with Crippen LogP contribution in [-0.2, 0) is 19.4 Å². The Morgan fingerprint density at radius 2 is 2.15 bits per heavy atom. The van der Waals surface area contributed by atoms with Crippen molar-refractivity contribution in [1.82, 2.24) is 15.3 Å². The molecule has 0 aromatic carbocycles. The van der Waals surface area contributed by atoms with Crippen molar-refractivity contribution in [2.45, 2.75) is 25.8 Å². The van der Waals surface area contributed by atoms with E-state index in [2.05, 4.69) is 15.3 Å². The van der Waals surface area contributed by atoms with E-state index < -0.39 is 33.9 Å². The summed E-state index contributed by atoms with van der Waals surface area (Å²) in [5, 5.41) is 3.24. The number of pyridine rings is 1. The summed E-state index contributed by atoms with van der Waals surface area (Å²) in [6, 6.07) is 5.40. The summed E-state index contributed by atoms with van der Waals surface area (Å²) in [4.78, 5) is 33.2. The smallest absolute Gasteiger partial charge is 0.350 e. The van der Waals surface area contributed by atoms with E-state index in [4.69, 9.17) is 4.74 Å². The molecule has 2 aromatic rings. The van der Waals surface area contributed by atoms with Gasteiger partial charge in [-0.2, -0.15) is 0 Å². The molecule has 2 aromatic heterocycles. The quantitative estimate of drug-likeness (QED) is 0.742. The molecular weight excluding hydrogens is 390 g/mol. The molecule has 144 valence electrons. The Morgan fingerprint density at radius 3 is 2.78 bits per heavy atom. The largest absolute Gasteiger partial charge is 0.451 e. The lowest BCUT2D eigenvalue weighted by atomic mass is 10.0. The van der Waals surface area contributed by atoms with Crippen molar-refractivity contribution in [2.24, 2.45) is 0 Å². The summed E-state index contributed by atoms with van der Waals surface area (Å²) in [5.41, 5.74) is 0.326. The zero-order valence-electron chi connectivity index (χ0n) is 14.9. The number of hydrogen-bond acceptors (Lipinski definition) is 8. The molecule has 1 N–H and O–H groups in total. The lowest BCUT2D eigenvalue weighted by molar-refractivity contribution is -0.125. The van der Waals surface area contributed by atoms with Gasteiger partial charge in [-0.05, 0) is 32.4 Å². The molecule has 0 unspecified atom stereocenters. The van der Waals surface area contributed by atoms with Gasteiger partial charge >= 0.3 is 5.97 Å². The first-order chi connectivity index (χ1) is 12.7. The number of carbonyl (C=O) groups is 2. The molecule has 1 atom stereocenters. The zero-order valence-corrected chi connectivity index (χ0v) is 16.5. The average Bonchev–Trinajstić information content (AvgIpc) is 3.12. The fourth-order valence-electron chi connectivity index (χ4n) is 2.86. The molecule has 1 saturated heterocycles. The van der Waals surface area contributed by atoms with Crippen LogP contribution < -0.4 is 5.32 Å². The maximum atomic E-state index is 12.3. The van der Waals surface area contributed by atoms with Gasteiger partial charge in [-0.15, -0.1) is 11.3 Å². The Hall–Kier alpha value is -2.33. The first kappa shape index (κ1) is 19.4. The van der Waals surface area contributed by atoms with Crippen molar-refractivity contribution in [3.8, 4) is 10.7 Å². The molecule has 3 rings (SSSR count). The van der Waals surface area contributed by atoms with Crippen molar-refractivity contribution >= 4 is 33.1 Å². The van der Waals surface area contributed by atoms with Crippen LogP contribution in [0.3, 0.4) is 0 Å². The number of nitrogens with one attached hydrogen (secondary N) is 1. The number of aryl methyl sites for hydroxylation is 1. The molecule has 0 bridgehead atoms. The predicted octanol–water partition coefficient (Wildman–Crippen LogP) is 1.36. The molecule has 8 nitrogen and oxygen atoms in total. The normalized spacial score (nSPS) is 21.0. The Balaban J connectivity index is 1.60. The molecule has 0 radical (unpaired) electrons. The maximum absolute atomic E-state index is 12.3. The number of hydrogen-bond donors (Lipinski definition) is 1. The highest BCUT2D eigenvalue weighted by molar-refractivity contribution is 7.91. The van der Waals surface area contributed by atoms with E-state index in [1.165, 1.54) is 0 Å². The van der Waals surface area contributed by atoms with Gasteiger partial charge < -0.3 is 10.1 Å². The Labute approximate surface area is 160 Å². The molecule has 1 amide bonds. The lowest BCUT2D eigenvalue weighted by Crippen LogP contribution is -2.48. The average molecular weight is 409 g/mol. The molecule has 1 fully saturated rings. The maximum Gasteiger partial charge on any atom is 0.350 e. The molecule has 0 aliphatic carbocycles. The van der Waals surface area contributed by atoms with Gasteiger partial charge in [0.05, 0.1) is 28.4 Å². The molecule has 3 heterocycles. The summed E-state index contributed by atoms with van der Waals surface area (Å²) < 4.78 is 28.3. The molecule has 27 heavy (non-hydrogen) atoms. The number of thiazole rings is 1. The van der Waals surface area contributed by atoms with Gasteiger partial charge in [0.2, 0.25) is 0 Å².